The van der Waals surface area contributed by atoms with Crippen LogP contribution in [0.2, 0.25) is 10.0 Å². The van der Waals surface area contributed by atoms with E-state index in [0.29, 0.717) is 27.1 Å². The lowest BCUT2D eigenvalue weighted by molar-refractivity contribution is -0.137. The van der Waals surface area contributed by atoms with Crippen LogP contribution in [0.3, 0.4) is 0 Å². The molecule has 8 heteroatoms. The van der Waals surface area contributed by atoms with Gasteiger partial charge in [-0.15, -0.1) is 0 Å². The first-order valence-corrected chi connectivity index (χ1v) is 9.96. The smallest absolute Gasteiger partial charge is 0.348 e. The van der Waals surface area contributed by atoms with Crippen LogP contribution >= 0.6 is 45.8 Å². The average molecular weight is 532 g/mol. The quantitative estimate of drug-likeness (QED) is 0.200. The molecule has 0 spiro atoms. The van der Waals surface area contributed by atoms with Crippen molar-refractivity contribution in [2.75, 3.05) is 13.7 Å². The molecule has 0 aliphatic carbocycles. The van der Waals surface area contributed by atoms with E-state index in [1.54, 1.807) is 37.3 Å². The highest BCUT2D eigenvalue weighted by Crippen LogP contribution is 2.35. The number of hydrogen-bond acceptors (Lipinski definition) is 5. The number of esters is 1. The Bertz CT molecular complexity index is 954. The predicted octanol–water partition coefficient (Wildman–Crippen LogP) is 5.66. The molecule has 2 rings (SSSR count). The SMILES string of the molecule is CCOC(=O)C(C#N)=Cc1cc(I)c(OCc2ccc(Cl)cc2Cl)c(OC)c1. The van der Waals surface area contributed by atoms with Crippen molar-refractivity contribution in [3.8, 4) is 17.6 Å². The third-order valence-electron chi connectivity index (χ3n) is 3.57. The summed E-state index contributed by atoms with van der Waals surface area (Å²) in [5.74, 6) is 0.321. The average Bonchev–Trinajstić information content (AvgIpc) is 2.66. The molecule has 0 aliphatic rings. The second kappa shape index (κ2) is 10.6. The number of methoxy groups -OCH3 is 1. The standard InChI is InChI=1S/C20H16Cl2INO4/c1-3-27-20(25)14(10-24)6-12-7-17(23)19(18(8-12)26-2)28-11-13-4-5-15(21)9-16(13)22/h4-9H,3,11H2,1-2H3. The molecule has 0 amide bonds. The molecule has 0 bridgehead atoms. The van der Waals surface area contributed by atoms with E-state index in [-0.39, 0.29) is 18.8 Å². The van der Waals surface area contributed by atoms with E-state index >= 15 is 0 Å². The summed E-state index contributed by atoms with van der Waals surface area (Å²) in [6.07, 6.45) is 1.45. The van der Waals surface area contributed by atoms with Crippen molar-refractivity contribution in [2.45, 2.75) is 13.5 Å². The maximum atomic E-state index is 11.8. The number of nitriles is 1. The van der Waals surface area contributed by atoms with Crippen molar-refractivity contribution in [1.82, 2.24) is 0 Å². The minimum absolute atomic E-state index is 0.0960. The second-order valence-corrected chi connectivity index (χ2v) is 7.45. The molecular formula is C20H16Cl2INO4. The monoisotopic (exact) mass is 531 g/mol. The van der Waals surface area contributed by atoms with Gasteiger partial charge >= 0.3 is 5.97 Å². The van der Waals surface area contributed by atoms with Gasteiger partial charge in [0, 0.05) is 15.6 Å². The summed E-state index contributed by atoms with van der Waals surface area (Å²) in [5.41, 5.74) is 1.30. The van der Waals surface area contributed by atoms with Gasteiger partial charge in [0.1, 0.15) is 18.2 Å². The zero-order chi connectivity index (χ0) is 20.7. The van der Waals surface area contributed by atoms with Crippen LogP contribution in [-0.2, 0) is 16.1 Å². The number of hydrogen-bond donors (Lipinski definition) is 0. The van der Waals surface area contributed by atoms with Crippen LogP contribution in [0, 0.1) is 14.9 Å². The summed E-state index contributed by atoms with van der Waals surface area (Å²) < 4.78 is 16.9. The Labute approximate surface area is 186 Å². The van der Waals surface area contributed by atoms with Gasteiger partial charge in [-0.25, -0.2) is 4.79 Å². The largest absolute Gasteiger partial charge is 0.493 e. The van der Waals surface area contributed by atoms with Gasteiger partial charge in [0.15, 0.2) is 11.5 Å². The zero-order valence-electron chi connectivity index (χ0n) is 15.1. The number of ether oxygens (including phenoxy) is 3. The molecule has 146 valence electrons. The fraction of sp³-hybridized carbons (Fsp3) is 0.200. The first kappa shape index (κ1) is 22.3. The number of carbonyl (C=O) groups is 1. The Morgan fingerprint density at radius 3 is 2.64 bits per heavy atom. The van der Waals surface area contributed by atoms with Crippen molar-refractivity contribution >= 4 is 57.8 Å². The van der Waals surface area contributed by atoms with E-state index in [1.165, 1.54) is 13.2 Å². The molecular weight excluding hydrogens is 516 g/mol. The minimum Gasteiger partial charge on any atom is -0.493 e. The molecule has 0 heterocycles. The molecule has 0 aliphatic heterocycles. The van der Waals surface area contributed by atoms with Crippen molar-refractivity contribution in [1.29, 1.82) is 5.26 Å². The molecule has 28 heavy (non-hydrogen) atoms. The fourth-order valence-electron chi connectivity index (χ4n) is 2.26. The van der Waals surface area contributed by atoms with E-state index in [0.717, 1.165) is 9.13 Å². The van der Waals surface area contributed by atoms with Crippen LogP contribution in [0.4, 0.5) is 0 Å². The van der Waals surface area contributed by atoms with Crippen LogP contribution in [0.15, 0.2) is 35.9 Å². The lowest BCUT2D eigenvalue weighted by Gasteiger charge is -2.14. The van der Waals surface area contributed by atoms with Gasteiger partial charge in [0.25, 0.3) is 0 Å². The third-order valence-corrected chi connectivity index (χ3v) is 4.95. The number of carbonyl (C=O) groups excluding carboxylic acids is 1. The maximum absolute atomic E-state index is 11.8. The zero-order valence-corrected chi connectivity index (χ0v) is 18.8. The lowest BCUT2D eigenvalue weighted by atomic mass is 10.1. The highest BCUT2D eigenvalue weighted by Gasteiger charge is 2.15. The second-order valence-electron chi connectivity index (χ2n) is 5.45. The van der Waals surface area contributed by atoms with Gasteiger partial charge < -0.3 is 14.2 Å². The molecule has 0 saturated carbocycles. The fourth-order valence-corrected chi connectivity index (χ4v) is 3.51. The minimum atomic E-state index is -0.670. The summed E-state index contributed by atoms with van der Waals surface area (Å²) in [7, 11) is 1.51. The van der Waals surface area contributed by atoms with Gasteiger partial charge in [-0.05, 0) is 65.4 Å². The topological polar surface area (TPSA) is 68.6 Å². The normalized spacial score (nSPS) is 10.9. The summed E-state index contributed by atoms with van der Waals surface area (Å²) >= 11 is 14.2. The Morgan fingerprint density at radius 1 is 1.29 bits per heavy atom. The highest BCUT2D eigenvalue weighted by atomic mass is 127. The Hall–Kier alpha value is -1.95. The lowest BCUT2D eigenvalue weighted by Crippen LogP contribution is -2.06. The van der Waals surface area contributed by atoms with Gasteiger partial charge in [-0.1, -0.05) is 29.3 Å². The van der Waals surface area contributed by atoms with Gasteiger partial charge in [0.05, 0.1) is 17.3 Å². The molecule has 5 nitrogen and oxygen atoms in total. The van der Waals surface area contributed by atoms with Crippen LogP contribution in [-0.4, -0.2) is 19.7 Å². The summed E-state index contributed by atoms with van der Waals surface area (Å²) in [6, 6.07) is 10.5. The van der Waals surface area contributed by atoms with E-state index in [2.05, 4.69) is 22.6 Å². The number of benzene rings is 2. The molecule has 0 atom stereocenters. The van der Waals surface area contributed by atoms with Gasteiger partial charge in [-0.2, -0.15) is 5.26 Å². The number of rotatable bonds is 7. The van der Waals surface area contributed by atoms with Gasteiger partial charge in [0.2, 0.25) is 0 Å². The predicted molar refractivity (Wildman–Crippen MR) is 117 cm³/mol. The molecule has 0 saturated heterocycles. The van der Waals surface area contributed by atoms with Crippen LogP contribution in [0.5, 0.6) is 11.5 Å². The molecule has 0 unspecified atom stereocenters. The van der Waals surface area contributed by atoms with E-state index in [9.17, 15) is 10.1 Å². The molecule has 2 aromatic rings. The molecule has 2 aromatic carbocycles. The highest BCUT2D eigenvalue weighted by molar-refractivity contribution is 14.1. The van der Waals surface area contributed by atoms with E-state index in [1.807, 2.05) is 6.07 Å². The van der Waals surface area contributed by atoms with Gasteiger partial charge in [-0.3, -0.25) is 0 Å². The molecule has 0 fully saturated rings. The van der Waals surface area contributed by atoms with E-state index < -0.39 is 5.97 Å². The Morgan fingerprint density at radius 2 is 2.04 bits per heavy atom. The molecule has 0 N–H and O–H groups in total. The van der Waals surface area contributed by atoms with Crippen LogP contribution in [0.1, 0.15) is 18.1 Å². The molecule has 0 aromatic heterocycles. The summed E-state index contributed by atoms with van der Waals surface area (Å²) in [5, 5.41) is 10.2. The maximum Gasteiger partial charge on any atom is 0.348 e. The first-order chi connectivity index (χ1) is 13.4. The first-order valence-electron chi connectivity index (χ1n) is 8.12. The van der Waals surface area contributed by atoms with Crippen molar-refractivity contribution < 1.29 is 19.0 Å². The molecule has 0 radical (unpaired) electrons. The Kier molecular flexibility index (Phi) is 8.42. The van der Waals surface area contributed by atoms with E-state index in [4.69, 9.17) is 37.4 Å². The van der Waals surface area contributed by atoms with Crippen LogP contribution < -0.4 is 9.47 Å². The van der Waals surface area contributed by atoms with Crippen molar-refractivity contribution in [2.24, 2.45) is 0 Å². The Balaban J connectivity index is 2.30. The van der Waals surface area contributed by atoms with Crippen LogP contribution in [0.25, 0.3) is 6.08 Å². The van der Waals surface area contributed by atoms with Crippen molar-refractivity contribution in [3.63, 3.8) is 0 Å². The summed E-state index contributed by atoms with van der Waals surface area (Å²) in [4.78, 5) is 11.8. The van der Waals surface area contributed by atoms with Crippen molar-refractivity contribution in [3.05, 3.63) is 60.6 Å². The summed E-state index contributed by atoms with van der Waals surface area (Å²) in [6.45, 7) is 2.10. The number of halogens is 3. The number of nitrogens with zero attached hydrogens (tertiary/aromatic N) is 1. The third kappa shape index (κ3) is 5.77.